The number of carbonyl (C=O) groups excluding carboxylic acids is 2. The van der Waals surface area contributed by atoms with Crippen molar-refractivity contribution >= 4 is 39.0 Å². The molecule has 2 heterocycles. The fourth-order valence-corrected chi connectivity index (χ4v) is 4.88. The van der Waals surface area contributed by atoms with Gasteiger partial charge < -0.3 is 20.4 Å². The van der Waals surface area contributed by atoms with Crippen LogP contribution in [0.25, 0.3) is 0 Å². The lowest BCUT2D eigenvalue weighted by atomic mass is 10.1. The average molecular weight is 455 g/mol. The van der Waals surface area contributed by atoms with Crippen molar-refractivity contribution in [3.8, 4) is 0 Å². The fraction of sp³-hybridized carbons (Fsp3) is 0.182. The van der Waals surface area contributed by atoms with Crippen LogP contribution in [0.2, 0.25) is 0 Å². The van der Waals surface area contributed by atoms with E-state index in [1.807, 2.05) is 0 Å². The number of nitrogens with zero attached hydrogens (tertiary/aromatic N) is 1. The van der Waals surface area contributed by atoms with Gasteiger partial charge in [-0.3, -0.25) is 9.10 Å². The summed E-state index contributed by atoms with van der Waals surface area (Å²) < 4.78 is 30.7. The normalized spacial score (nSPS) is 14.7. The molecule has 4 rings (SSSR count). The molecule has 1 aromatic heterocycles. The second-order valence-electron chi connectivity index (χ2n) is 7.21. The Morgan fingerprint density at radius 1 is 0.969 bits per heavy atom. The van der Waals surface area contributed by atoms with Gasteiger partial charge in [0.2, 0.25) is 10.0 Å². The van der Waals surface area contributed by atoms with Gasteiger partial charge in [-0.15, -0.1) is 0 Å². The molecule has 10 heteroatoms. The van der Waals surface area contributed by atoms with Gasteiger partial charge in [0, 0.05) is 23.5 Å². The first-order chi connectivity index (χ1) is 15.4. The molecule has 1 saturated heterocycles. The standard InChI is InChI=1S/C22H22N4O5S/c27-21(16-4-1-5-19(14-16)26-11-3-13-32(26,29)30)24-17-7-9-18(10-8-17)25-22(28)23-15-20-6-2-12-31-20/h1-2,4-10,12,14H,3,11,13,15H2,(H,24,27)(H2,23,25,28). The molecule has 3 N–H and O–H groups in total. The Balaban J connectivity index is 1.35. The topological polar surface area (TPSA) is 121 Å². The molecule has 1 fully saturated rings. The van der Waals surface area contributed by atoms with Crippen LogP contribution in [0.15, 0.2) is 71.3 Å². The number of nitrogens with one attached hydrogen (secondary N) is 3. The summed E-state index contributed by atoms with van der Waals surface area (Å²) in [5.41, 5.74) is 1.93. The molecule has 0 spiro atoms. The molecule has 0 bridgehead atoms. The minimum absolute atomic E-state index is 0.116. The lowest BCUT2D eigenvalue weighted by Gasteiger charge is -2.17. The Hall–Kier alpha value is -3.79. The number of amides is 3. The highest BCUT2D eigenvalue weighted by Crippen LogP contribution is 2.25. The van der Waals surface area contributed by atoms with Crippen molar-refractivity contribution in [2.45, 2.75) is 13.0 Å². The van der Waals surface area contributed by atoms with Crippen molar-refractivity contribution in [3.05, 3.63) is 78.3 Å². The molecular weight excluding hydrogens is 432 g/mol. The highest BCUT2D eigenvalue weighted by atomic mass is 32.2. The van der Waals surface area contributed by atoms with E-state index in [-0.39, 0.29) is 24.2 Å². The number of hydrogen-bond acceptors (Lipinski definition) is 5. The molecule has 166 valence electrons. The summed E-state index contributed by atoms with van der Waals surface area (Å²) in [5, 5.41) is 8.15. The van der Waals surface area contributed by atoms with E-state index >= 15 is 0 Å². The monoisotopic (exact) mass is 454 g/mol. The third-order valence-electron chi connectivity index (χ3n) is 4.90. The maximum Gasteiger partial charge on any atom is 0.319 e. The Morgan fingerprint density at radius 2 is 1.72 bits per heavy atom. The van der Waals surface area contributed by atoms with E-state index < -0.39 is 10.0 Å². The summed E-state index contributed by atoms with van der Waals surface area (Å²) in [7, 11) is -3.32. The minimum Gasteiger partial charge on any atom is -0.467 e. The van der Waals surface area contributed by atoms with E-state index in [0.717, 1.165) is 0 Å². The summed E-state index contributed by atoms with van der Waals surface area (Å²) in [5.74, 6) is 0.398. The van der Waals surface area contributed by atoms with Gasteiger partial charge in [0.1, 0.15) is 5.76 Å². The van der Waals surface area contributed by atoms with E-state index in [4.69, 9.17) is 4.42 Å². The smallest absolute Gasteiger partial charge is 0.319 e. The number of sulfonamides is 1. The number of carbonyl (C=O) groups is 2. The summed E-state index contributed by atoms with van der Waals surface area (Å²) in [6.45, 7) is 0.682. The van der Waals surface area contributed by atoms with Crippen LogP contribution < -0.4 is 20.3 Å². The Kier molecular flexibility index (Phi) is 6.13. The summed E-state index contributed by atoms with van der Waals surface area (Å²) in [6, 6.07) is 16.3. The van der Waals surface area contributed by atoms with Gasteiger partial charge in [-0.1, -0.05) is 6.07 Å². The maximum atomic E-state index is 12.6. The number of furan rings is 1. The lowest BCUT2D eigenvalue weighted by molar-refractivity contribution is 0.102. The zero-order valence-corrected chi connectivity index (χ0v) is 17.9. The number of anilines is 3. The van der Waals surface area contributed by atoms with E-state index in [2.05, 4.69) is 16.0 Å². The van der Waals surface area contributed by atoms with Crippen molar-refractivity contribution in [3.63, 3.8) is 0 Å². The first-order valence-corrected chi connectivity index (χ1v) is 11.6. The van der Waals surface area contributed by atoms with Crippen LogP contribution in [-0.4, -0.2) is 32.7 Å². The molecule has 0 atom stereocenters. The zero-order valence-electron chi connectivity index (χ0n) is 17.1. The van der Waals surface area contributed by atoms with Crippen LogP contribution in [0, 0.1) is 0 Å². The van der Waals surface area contributed by atoms with Crippen molar-refractivity contribution in [2.24, 2.45) is 0 Å². The minimum atomic E-state index is -3.32. The van der Waals surface area contributed by atoms with Crippen LogP contribution in [0.4, 0.5) is 21.9 Å². The quantitative estimate of drug-likeness (QED) is 0.527. The van der Waals surface area contributed by atoms with Crippen LogP contribution in [0.5, 0.6) is 0 Å². The van der Waals surface area contributed by atoms with Crippen molar-refractivity contribution in [1.29, 1.82) is 0 Å². The maximum absolute atomic E-state index is 12.6. The van der Waals surface area contributed by atoms with Crippen molar-refractivity contribution < 1.29 is 22.4 Å². The predicted molar refractivity (Wildman–Crippen MR) is 121 cm³/mol. The lowest BCUT2D eigenvalue weighted by Crippen LogP contribution is -2.27. The second kappa shape index (κ2) is 9.15. The highest BCUT2D eigenvalue weighted by Gasteiger charge is 2.28. The largest absolute Gasteiger partial charge is 0.467 e. The van der Waals surface area contributed by atoms with E-state index in [1.165, 1.54) is 10.6 Å². The van der Waals surface area contributed by atoms with Crippen LogP contribution in [0.3, 0.4) is 0 Å². The molecule has 0 unspecified atom stereocenters. The first kappa shape index (κ1) is 21.4. The molecular formula is C22H22N4O5S. The summed E-state index contributed by atoms with van der Waals surface area (Å²) in [4.78, 5) is 24.6. The zero-order chi connectivity index (χ0) is 22.6. The third kappa shape index (κ3) is 5.09. The van der Waals surface area contributed by atoms with E-state index in [0.29, 0.717) is 41.4 Å². The molecule has 3 aromatic rings. The average Bonchev–Trinajstić information content (AvgIpc) is 3.42. The molecule has 2 aromatic carbocycles. The van der Waals surface area contributed by atoms with Gasteiger partial charge in [0.15, 0.2) is 0 Å². The number of rotatable bonds is 6. The molecule has 0 radical (unpaired) electrons. The Labute approximate surface area is 185 Å². The van der Waals surface area contributed by atoms with Crippen molar-refractivity contribution in [2.75, 3.05) is 27.2 Å². The number of urea groups is 1. The molecule has 1 aliphatic heterocycles. The van der Waals surface area contributed by atoms with Gasteiger partial charge in [-0.2, -0.15) is 0 Å². The van der Waals surface area contributed by atoms with Crippen LogP contribution in [-0.2, 0) is 16.6 Å². The Bertz CT molecular complexity index is 1210. The first-order valence-electron chi connectivity index (χ1n) is 10.00. The fourth-order valence-electron chi connectivity index (χ4n) is 3.33. The van der Waals surface area contributed by atoms with Gasteiger partial charge in [-0.25, -0.2) is 13.2 Å². The number of benzene rings is 2. The predicted octanol–water partition coefficient (Wildman–Crippen LogP) is 3.39. The Morgan fingerprint density at radius 3 is 2.38 bits per heavy atom. The van der Waals surface area contributed by atoms with E-state index in [1.54, 1.807) is 60.7 Å². The number of hydrogen-bond donors (Lipinski definition) is 3. The van der Waals surface area contributed by atoms with Gasteiger partial charge in [0.25, 0.3) is 5.91 Å². The van der Waals surface area contributed by atoms with Gasteiger partial charge >= 0.3 is 6.03 Å². The van der Waals surface area contributed by atoms with Crippen molar-refractivity contribution in [1.82, 2.24) is 5.32 Å². The molecule has 32 heavy (non-hydrogen) atoms. The third-order valence-corrected chi connectivity index (χ3v) is 6.77. The molecule has 0 aliphatic carbocycles. The van der Waals surface area contributed by atoms with Crippen LogP contribution >= 0.6 is 0 Å². The summed E-state index contributed by atoms with van der Waals surface area (Å²) >= 11 is 0. The summed E-state index contributed by atoms with van der Waals surface area (Å²) in [6.07, 6.45) is 2.10. The van der Waals surface area contributed by atoms with Gasteiger partial charge in [-0.05, 0) is 61.0 Å². The van der Waals surface area contributed by atoms with Crippen LogP contribution in [0.1, 0.15) is 22.5 Å². The second-order valence-corrected chi connectivity index (χ2v) is 9.22. The SMILES string of the molecule is O=C(NCc1ccco1)Nc1ccc(NC(=O)c2cccc(N3CCCS3(=O)=O)c2)cc1. The highest BCUT2D eigenvalue weighted by molar-refractivity contribution is 7.93. The molecule has 9 nitrogen and oxygen atoms in total. The van der Waals surface area contributed by atoms with Gasteiger partial charge in [0.05, 0.1) is 24.2 Å². The molecule has 1 aliphatic rings. The molecule has 0 saturated carbocycles. The molecule has 3 amide bonds. The van der Waals surface area contributed by atoms with E-state index in [9.17, 15) is 18.0 Å².